The Labute approximate surface area is 131 Å². The maximum absolute atomic E-state index is 5.55. The lowest BCUT2D eigenvalue weighted by molar-refractivity contribution is 0.463. The number of aryl methyl sites for hydroxylation is 4. The highest BCUT2D eigenvalue weighted by molar-refractivity contribution is 5.79. The number of guanidine groups is 1. The van der Waals surface area contributed by atoms with Gasteiger partial charge in [0.05, 0.1) is 12.2 Å². The lowest BCUT2D eigenvalue weighted by Crippen LogP contribution is -2.36. The van der Waals surface area contributed by atoms with Crippen molar-refractivity contribution in [1.82, 2.24) is 15.6 Å². The molecule has 118 valence electrons. The molecule has 0 aliphatic carbocycles. The summed E-state index contributed by atoms with van der Waals surface area (Å²) in [7, 11) is 1.75. The smallest absolute Gasteiger partial charge is 0.214 e. The van der Waals surface area contributed by atoms with Crippen molar-refractivity contribution < 1.29 is 4.42 Å². The van der Waals surface area contributed by atoms with Gasteiger partial charge in [0.15, 0.2) is 5.96 Å². The molecule has 5 heteroatoms. The SMILES string of the molecule is CN=C(NCc1nc(C)c(C)o1)NCc1ccc(C)cc1C. The molecule has 2 aromatic rings. The number of hydrogen-bond acceptors (Lipinski definition) is 3. The van der Waals surface area contributed by atoms with E-state index in [1.165, 1.54) is 16.7 Å². The average Bonchev–Trinajstić information content (AvgIpc) is 2.79. The van der Waals surface area contributed by atoms with Gasteiger partial charge in [-0.1, -0.05) is 23.8 Å². The number of benzene rings is 1. The molecule has 2 N–H and O–H groups in total. The molecule has 0 saturated heterocycles. The molecule has 0 saturated carbocycles. The second-order valence-electron chi connectivity index (χ2n) is 5.46. The van der Waals surface area contributed by atoms with Crippen molar-refractivity contribution in [2.24, 2.45) is 4.99 Å². The number of oxazole rings is 1. The molecule has 22 heavy (non-hydrogen) atoms. The van der Waals surface area contributed by atoms with Crippen molar-refractivity contribution in [1.29, 1.82) is 0 Å². The summed E-state index contributed by atoms with van der Waals surface area (Å²) in [5, 5.41) is 6.52. The lowest BCUT2D eigenvalue weighted by Gasteiger charge is -2.12. The van der Waals surface area contributed by atoms with E-state index in [-0.39, 0.29) is 0 Å². The summed E-state index contributed by atoms with van der Waals surface area (Å²) in [6, 6.07) is 6.45. The van der Waals surface area contributed by atoms with E-state index in [1.807, 2.05) is 13.8 Å². The van der Waals surface area contributed by atoms with Crippen molar-refractivity contribution in [3.8, 4) is 0 Å². The van der Waals surface area contributed by atoms with Gasteiger partial charge in [0.2, 0.25) is 5.89 Å². The van der Waals surface area contributed by atoms with Gasteiger partial charge in [-0.05, 0) is 38.8 Å². The van der Waals surface area contributed by atoms with Crippen LogP contribution in [0.3, 0.4) is 0 Å². The summed E-state index contributed by atoms with van der Waals surface area (Å²) >= 11 is 0. The van der Waals surface area contributed by atoms with Crippen LogP contribution in [-0.4, -0.2) is 18.0 Å². The topological polar surface area (TPSA) is 62.5 Å². The summed E-state index contributed by atoms with van der Waals surface area (Å²) in [6.45, 7) is 9.33. The largest absolute Gasteiger partial charge is 0.444 e. The Morgan fingerprint density at radius 3 is 2.45 bits per heavy atom. The van der Waals surface area contributed by atoms with Crippen LogP contribution in [0.5, 0.6) is 0 Å². The van der Waals surface area contributed by atoms with Crippen molar-refractivity contribution >= 4 is 5.96 Å². The van der Waals surface area contributed by atoms with Gasteiger partial charge in [-0.3, -0.25) is 4.99 Å². The van der Waals surface area contributed by atoms with E-state index in [4.69, 9.17) is 4.42 Å². The minimum absolute atomic E-state index is 0.515. The first-order valence-corrected chi connectivity index (χ1v) is 7.43. The van der Waals surface area contributed by atoms with Crippen LogP contribution in [0.25, 0.3) is 0 Å². The Balaban J connectivity index is 1.90. The summed E-state index contributed by atoms with van der Waals surface area (Å²) in [5.74, 6) is 2.26. The molecular weight excluding hydrogens is 276 g/mol. The van der Waals surface area contributed by atoms with Crippen LogP contribution in [0.15, 0.2) is 27.6 Å². The summed E-state index contributed by atoms with van der Waals surface area (Å²) in [5.41, 5.74) is 4.74. The van der Waals surface area contributed by atoms with Crippen LogP contribution in [0.1, 0.15) is 34.0 Å². The van der Waals surface area contributed by atoms with Crippen LogP contribution >= 0.6 is 0 Å². The van der Waals surface area contributed by atoms with Crippen molar-refractivity contribution in [3.05, 3.63) is 52.2 Å². The molecule has 0 spiro atoms. The van der Waals surface area contributed by atoms with Crippen molar-refractivity contribution in [2.75, 3.05) is 7.05 Å². The molecule has 1 heterocycles. The molecule has 0 atom stereocenters. The number of nitrogens with one attached hydrogen (secondary N) is 2. The Kier molecular flexibility index (Phi) is 5.20. The predicted octanol–water partition coefficient (Wildman–Crippen LogP) is 2.77. The fourth-order valence-electron chi connectivity index (χ4n) is 2.22. The quantitative estimate of drug-likeness (QED) is 0.673. The van der Waals surface area contributed by atoms with Gasteiger partial charge in [-0.2, -0.15) is 0 Å². The molecule has 0 aliphatic rings. The first-order chi connectivity index (χ1) is 10.5. The third-order valence-electron chi connectivity index (χ3n) is 3.65. The molecule has 5 nitrogen and oxygen atoms in total. The van der Waals surface area contributed by atoms with Crippen molar-refractivity contribution in [3.63, 3.8) is 0 Å². The Bertz CT molecular complexity index is 654. The monoisotopic (exact) mass is 300 g/mol. The molecule has 2 rings (SSSR count). The zero-order valence-electron chi connectivity index (χ0n) is 13.9. The first-order valence-electron chi connectivity index (χ1n) is 7.43. The molecule has 1 aromatic carbocycles. The number of aromatic nitrogens is 1. The maximum atomic E-state index is 5.55. The average molecular weight is 300 g/mol. The van der Waals surface area contributed by atoms with E-state index < -0.39 is 0 Å². The Hall–Kier alpha value is -2.30. The van der Waals surface area contributed by atoms with E-state index in [9.17, 15) is 0 Å². The normalized spacial score (nSPS) is 11.6. The predicted molar refractivity (Wildman–Crippen MR) is 88.9 cm³/mol. The van der Waals surface area contributed by atoms with Gasteiger partial charge in [0, 0.05) is 13.6 Å². The molecule has 0 radical (unpaired) electrons. The fourth-order valence-corrected chi connectivity index (χ4v) is 2.22. The molecule has 0 fully saturated rings. The minimum Gasteiger partial charge on any atom is -0.444 e. The van der Waals surface area contributed by atoms with Crippen LogP contribution in [0.4, 0.5) is 0 Å². The van der Waals surface area contributed by atoms with E-state index >= 15 is 0 Å². The van der Waals surface area contributed by atoms with Gasteiger partial charge in [-0.15, -0.1) is 0 Å². The molecule has 1 aromatic heterocycles. The molecular formula is C17H24N4O. The molecule has 0 amide bonds. The van der Waals surface area contributed by atoms with Gasteiger partial charge < -0.3 is 15.1 Å². The minimum atomic E-state index is 0.515. The number of rotatable bonds is 4. The number of nitrogens with zero attached hydrogens (tertiary/aromatic N) is 2. The second-order valence-corrected chi connectivity index (χ2v) is 5.46. The Morgan fingerprint density at radius 2 is 1.86 bits per heavy atom. The number of hydrogen-bond donors (Lipinski definition) is 2. The second kappa shape index (κ2) is 7.11. The van der Waals surface area contributed by atoms with E-state index in [2.05, 4.69) is 52.7 Å². The first kappa shape index (κ1) is 16.1. The lowest BCUT2D eigenvalue weighted by atomic mass is 10.1. The standard InChI is InChI=1S/C17H24N4O/c1-11-6-7-15(12(2)8-11)9-19-17(18-5)20-10-16-21-13(3)14(4)22-16/h6-8H,9-10H2,1-5H3,(H2,18,19,20). The zero-order valence-corrected chi connectivity index (χ0v) is 13.9. The van der Waals surface area contributed by atoms with E-state index in [0.717, 1.165) is 24.0 Å². The van der Waals surface area contributed by atoms with E-state index in [0.29, 0.717) is 12.4 Å². The fraction of sp³-hybridized carbons (Fsp3) is 0.412. The van der Waals surface area contributed by atoms with Gasteiger partial charge in [0.25, 0.3) is 0 Å². The van der Waals surface area contributed by atoms with Gasteiger partial charge in [-0.25, -0.2) is 4.98 Å². The summed E-state index contributed by atoms with van der Waals surface area (Å²) < 4.78 is 5.55. The Morgan fingerprint density at radius 1 is 1.14 bits per heavy atom. The highest BCUT2D eigenvalue weighted by Crippen LogP contribution is 2.10. The summed E-state index contributed by atoms with van der Waals surface area (Å²) in [6.07, 6.45) is 0. The van der Waals surface area contributed by atoms with Gasteiger partial charge >= 0.3 is 0 Å². The molecule has 0 unspecified atom stereocenters. The molecule has 0 aliphatic heterocycles. The summed E-state index contributed by atoms with van der Waals surface area (Å²) in [4.78, 5) is 8.57. The highest BCUT2D eigenvalue weighted by Gasteiger charge is 2.06. The van der Waals surface area contributed by atoms with Crippen LogP contribution in [-0.2, 0) is 13.1 Å². The van der Waals surface area contributed by atoms with Gasteiger partial charge in [0.1, 0.15) is 5.76 Å². The van der Waals surface area contributed by atoms with Crippen LogP contribution in [0.2, 0.25) is 0 Å². The highest BCUT2D eigenvalue weighted by atomic mass is 16.4. The van der Waals surface area contributed by atoms with E-state index in [1.54, 1.807) is 7.05 Å². The zero-order chi connectivity index (χ0) is 16.1. The third kappa shape index (κ3) is 4.10. The van der Waals surface area contributed by atoms with Crippen LogP contribution < -0.4 is 10.6 Å². The third-order valence-corrected chi connectivity index (χ3v) is 3.65. The maximum Gasteiger partial charge on any atom is 0.214 e. The molecule has 0 bridgehead atoms. The van der Waals surface area contributed by atoms with Crippen LogP contribution in [0, 0.1) is 27.7 Å². The number of aliphatic imine (C=N–C) groups is 1. The van der Waals surface area contributed by atoms with Crippen molar-refractivity contribution in [2.45, 2.75) is 40.8 Å².